The van der Waals surface area contributed by atoms with Gasteiger partial charge in [-0.15, -0.1) is 0 Å². The topological polar surface area (TPSA) is 91.2 Å². The molecular weight excluding hydrogens is 423 g/mol. The molecule has 4 fully saturated rings. The van der Waals surface area contributed by atoms with Crippen molar-refractivity contribution in [1.82, 2.24) is 5.32 Å². The van der Waals surface area contributed by atoms with Crippen LogP contribution >= 0.6 is 0 Å². The fourth-order valence-corrected chi connectivity index (χ4v) is 6.07. The lowest BCUT2D eigenvalue weighted by Gasteiger charge is -2.55. The second kappa shape index (κ2) is 8.64. The van der Waals surface area contributed by atoms with Gasteiger partial charge in [0.2, 0.25) is 11.8 Å². The summed E-state index contributed by atoms with van der Waals surface area (Å²) in [5, 5.41) is 14.7. The molecule has 4 aliphatic carbocycles. The number of benzene rings is 1. The number of halogens is 3. The summed E-state index contributed by atoms with van der Waals surface area (Å²) < 4.78 is 41.6. The molecule has 32 heavy (non-hydrogen) atoms. The fraction of sp³-hybridized carbons (Fsp3) is 0.609. The number of nitrogens with zero attached hydrogens (tertiary/aromatic N) is 1. The zero-order chi connectivity index (χ0) is 22.9. The van der Waals surface area contributed by atoms with E-state index >= 15 is 0 Å². The van der Waals surface area contributed by atoms with E-state index < -0.39 is 12.8 Å². The standard InChI is InChI=1S/C23H26F3N3O3/c24-23(25,26)13-32-19-2-1-18(8-17(19)12-27)29-20(30)3-4-28-21(31)22-9-14-5-15(10-22)7-16(6-14)11-22/h1-2,8,14-16H,3-7,9-11,13H2,(H,28,31)(H,29,30). The van der Waals surface area contributed by atoms with Crippen LogP contribution in [0.4, 0.5) is 18.9 Å². The van der Waals surface area contributed by atoms with Crippen LogP contribution < -0.4 is 15.4 Å². The second-order valence-corrected chi connectivity index (χ2v) is 9.48. The zero-order valence-corrected chi connectivity index (χ0v) is 17.6. The van der Waals surface area contributed by atoms with Crippen molar-refractivity contribution in [2.75, 3.05) is 18.5 Å². The molecule has 4 bridgehead atoms. The number of anilines is 1. The van der Waals surface area contributed by atoms with Crippen LogP contribution in [0.3, 0.4) is 0 Å². The maximum atomic E-state index is 12.9. The number of alkyl halides is 3. The van der Waals surface area contributed by atoms with Gasteiger partial charge in [-0.05, 0) is 74.5 Å². The average molecular weight is 449 g/mol. The minimum Gasteiger partial charge on any atom is -0.483 e. The quantitative estimate of drug-likeness (QED) is 0.654. The van der Waals surface area contributed by atoms with E-state index in [9.17, 15) is 22.8 Å². The Morgan fingerprint density at radius 1 is 1.12 bits per heavy atom. The van der Waals surface area contributed by atoms with Crippen molar-refractivity contribution in [3.63, 3.8) is 0 Å². The van der Waals surface area contributed by atoms with Crippen LogP contribution in [-0.4, -0.2) is 31.1 Å². The molecule has 2 N–H and O–H groups in total. The van der Waals surface area contributed by atoms with E-state index in [4.69, 9.17) is 5.26 Å². The number of ether oxygens (including phenoxy) is 1. The first kappa shape index (κ1) is 22.4. The molecule has 172 valence electrons. The van der Waals surface area contributed by atoms with Gasteiger partial charge in [-0.1, -0.05) is 0 Å². The highest BCUT2D eigenvalue weighted by Crippen LogP contribution is 2.60. The van der Waals surface area contributed by atoms with Crippen LogP contribution in [0.15, 0.2) is 18.2 Å². The van der Waals surface area contributed by atoms with E-state index in [1.165, 1.54) is 37.5 Å². The molecule has 5 rings (SSSR count). The Bertz CT molecular complexity index is 903. The van der Waals surface area contributed by atoms with E-state index in [0.717, 1.165) is 19.3 Å². The number of nitriles is 1. The number of hydrogen-bond acceptors (Lipinski definition) is 4. The van der Waals surface area contributed by atoms with Crippen LogP contribution in [0.1, 0.15) is 50.5 Å². The lowest BCUT2D eigenvalue weighted by molar-refractivity contribution is -0.153. The van der Waals surface area contributed by atoms with Gasteiger partial charge >= 0.3 is 6.18 Å². The maximum Gasteiger partial charge on any atom is 0.422 e. The van der Waals surface area contributed by atoms with E-state index in [2.05, 4.69) is 15.4 Å². The van der Waals surface area contributed by atoms with Crippen molar-refractivity contribution in [2.45, 2.75) is 51.1 Å². The van der Waals surface area contributed by atoms with Crippen molar-refractivity contribution in [2.24, 2.45) is 23.2 Å². The molecule has 0 aliphatic heterocycles. The van der Waals surface area contributed by atoms with Crippen molar-refractivity contribution in [3.05, 3.63) is 23.8 Å². The third-order valence-electron chi connectivity index (χ3n) is 6.93. The van der Waals surface area contributed by atoms with Crippen LogP contribution in [0, 0.1) is 34.5 Å². The Kier molecular flexibility index (Phi) is 6.06. The lowest BCUT2D eigenvalue weighted by atomic mass is 9.49. The van der Waals surface area contributed by atoms with Crippen LogP contribution in [0.2, 0.25) is 0 Å². The van der Waals surface area contributed by atoms with Crippen molar-refractivity contribution < 1.29 is 27.5 Å². The van der Waals surface area contributed by atoms with Gasteiger partial charge in [0.15, 0.2) is 6.61 Å². The van der Waals surface area contributed by atoms with Gasteiger partial charge in [0.05, 0.1) is 5.56 Å². The number of carbonyl (C=O) groups is 2. The summed E-state index contributed by atoms with van der Waals surface area (Å²) in [6, 6.07) is 5.62. The molecule has 0 unspecified atom stereocenters. The first-order valence-corrected chi connectivity index (χ1v) is 11.0. The van der Waals surface area contributed by atoms with Crippen LogP contribution in [-0.2, 0) is 9.59 Å². The van der Waals surface area contributed by atoms with E-state index in [0.29, 0.717) is 17.8 Å². The maximum absolute atomic E-state index is 12.9. The van der Waals surface area contributed by atoms with Gasteiger partial charge < -0.3 is 15.4 Å². The summed E-state index contributed by atoms with van der Waals surface area (Å²) in [4.78, 5) is 25.2. The normalized spacial score (nSPS) is 28.1. The third-order valence-corrected chi connectivity index (χ3v) is 6.93. The third kappa shape index (κ3) is 5.00. The molecule has 4 saturated carbocycles. The molecule has 0 radical (unpaired) electrons. The van der Waals surface area contributed by atoms with Gasteiger partial charge in [-0.25, -0.2) is 0 Å². The van der Waals surface area contributed by atoms with Crippen molar-refractivity contribution in [3.8, 4) is 11.8 Å². The molecule has 9 heteroatoms. The van der Waals surface area contributed by atoms with Crippen molar-refractivity contribution >= 4 is 17.5 Å². The number of carbonyl (C=O) groups excluding carboxylic acids is 2. The van der Waals surface area contributed by atoms with Crippen LogP contribution in [0.5, 0.6) is 5.75 Å². The molecule has 0 saturated heterocycles. The summed E-state index contributed by atoms with van der Waals surface area (Å²) >= 11 is 0. The minimum absolute atomic E-state index is 0.0577. The van der Waals surface area contributed by atoms with Gasteiger partial charge in [-0.2, -0.15) is 18.4 Å². The Morgan fingerprint density at radius 3 is 2.31 bits per heavy atom. The van der Waals surface area contributed by atoms with Gasteiger partial charge in [0, 0.05) is 24.1 Å². The Labute approximate surface area is 184 Å². The predicted molar refractivity (Wildman–Crippen MR) is 110 cm³/mol. The molecule has 0 spiro atoms. The average Bonchev–Trinajstić information content (AvgIpc) is 2.71. The molecule has 1 aromatic carbocycles. The summed E-state index contributed by atoms with van der Waals surface area (Å²) in [5.74, 6) is 1.48. The molecule has 0 atom stereocenters. The first-order valence-electron chi connectivity index (χ1n) is 11.0. The smallest absolute Gasteiger partial charge is 0.422 e. The molecule has 4 aliphatic rings. The molecule has 0 aromatic heterocycles. The molecule has 0 heterocycles. The highest BCUT2D eigenvalue weighted by atomic mass is 19.4. The second-order valence-electron chi connectivity index (χ2n) is 9.48. The fourth-order valence-electron chi connectivity index (χ4n) is 6.07. The Hall–Kier alpha value is -2.76. The van der Waals surface area contributed by atoms with E-state index in [1.54, 1.807) is 6.07 Å². The number of amides is 2. The van der Waals surface area contributed by atoms with Gasteiger partial charge in [-0.3, -0.25) is 9.59 Å². The zero-order valence-electron chi connectivity index (χ0n) is 17.6. The Morgan fingerprint density at radius 2 is 1.75 bits per heavy atom. The monoisotopic (exact) mass is 449 g/mol. The van der Waals surface area contributed by atoms with E-state index in [-0.39, 0.29) is 47.2 Å². The summed E-state index contributed by atoms with van der Waals surface area (Å²) in [5.41, 5.74) is -0.0976. The van der Waals surface area contributed by atoms with Gasteiger partial charge in [0.1, 0.15) is 11.8 Å². The molecular formula is C23H26F3N3O3. The van der Waals surface area contributed by atoms with Crippen molar-refractivity contribution in [1.29, 1.82) is 5.26 Å². The summed E-state index contributed by atoms with van der Waals surface area (Å²) in [7, 11) is 0. The SMILES string of the molecule is N#Cc1cc(NC(=O)CCNC(=O)C23CC4CC(CC(C4)C2)C3)ccc1OCC(F)(F)F. The number of rotatable bonds is 7. The predicted octanol–water partition coefficient (Wildman–Crippen LogP) is 4.16. The molecule has 1 aromatic rings. The largest absolute Gasteiger partial charge is 0.483 e. The summed E-state index contributed by atoms with van der Waals surface area (Å²) in [6.07, 6.45) is 2.16. The minimum atomic E-state index is -4.51. The van der Waals surface area contributed by atoms with Gasteiger partial charge in [0.25, 0.3) is 0 Å². The number of hydrogen-bond donors (Lipinski definition) is 2. The van der Waals surface area contributed by atoms with E-state index in [1.807, 2.05) is 0 Å². The number of nitrogens with one attached hydrogen (secondary N) is 2. The first-order chi connectivity index (χ1) is 15.2. The highest BCUT2D eigenvalue weighted by Gasteiger charge is 2.54. The highest BCUT2D eigenvalue weighted by molar-refractivity contribution is 5.91. The Balaban J connectivity index is 1.26. The lowest BCUT2D eigenvalue weighted by Crippen LogP contribution is -2.53. The summed E-state index contributed by atoms with van der Waals surface area (Å²) in [6.45, 7) is -1.29. The molecule has 2 amide bonds. The van der Waals surface area contributed by atoms with Crippen LogP contribution in [0.25, 0.3) is 0 Å². The molecule has 6 nitrogen and oxygen atoms in total.